The van der Waals surface area contributed by atoms with Gasteiger partial charge < -0.3 is 0 Å². The summed E-state index contributed by atoms with van der Waals surface area (Å²) in [5, 5.41) is 0.646. The van der Waals surface area contributed by atoms with Crippen molar-refractivity contribution in [1.29, 1.82) is 0 Å². The van der Waals surface area contributed by atoms with Gasteiger partial charge in [0.25, 0.3) is 0 Å². The number of hydrogen-bond acceptors (Lipinski definition) is 2. The maximum absolute atomic E-state index is 14.3. The molecule has 2 nitrogen and oxygen atoms in total. The Labute approximate surface area is 123 Å². The molecular formula is C16H18ClFN2. The molecule has 0 saturated carbocycles. The van der Waals surface area contributed by atoms with Crippen LogP contribution in [0.4, 0.5) is 4.39 Å². The highest BCUT2D eigenvalue weighted by atomic mass is 35.5. The van der Waals surface area contributed by atoms with Gasteiger partial charge in [-0.25, -0.2) is 9.82 Å². The number of benzene rings is 2. The molecule has 2 aromatic rings. The zero-order valence-electron chi connectivity index (χ0n) is 11.8. The molecule has 0 fully saturated rings. The molecule has 3 N–H and O–H groups in total. The van der Waals surface area contributed by atoms with E-state index in [1.54, 1.807) is 0 Å². The van der Waals surface area contributed by atoms with Crippen LogP contribution in [0.1, 0.15) is 33.9 Å². The predicted molar refractivity (Wildman–Crippen MR) is 81.2 cm³/mol. The summed E-state index contributed by atoms with van der Waals surface area (Å²) >= 11 is 6.14. The fourth-order valence-corrected chi connectivity index (χ4v) is 2.62. The highest BCUT2D eigenvalue weighted by Crippen LogP contribution is 2.30. The van der Waals surface area contributed by atoms with Crippen LogP contribution in [0.3, 0.4) is 0 Å². The fraction of sp³-hybridized carbons (Fsp3) is 0.250. The van der Waals surface area contributed by atoms with E-state index < -0.39 is 6.04 Å². The molecule has 106 valence electrons. The summed E-state index contributed by atoms with van der Waals surface area (Å²) in [4.78, 5) is 0. The van der Waals surface area contributed by atoms with Crippen LogP contribution in [0, 0.1) is 26.6 Å². The van der Waals surface area contributed by atoms with Crippen molar-refractivity contribution >= 4 is 11.6 Å². The van der Waals surface area contributed by atoms with Gasteiger partial charge >= 0.3 is 0 Å². The van der Waals surface area contributed by atoms with E-state index in [0.717, 1.165) is 22.3 Å². The smallest absolute Gasteiger partial charge is 0.128 e. The molecule has 2 aromatic carbocycles. The molecule has 0 aliphatic carbocycles. The molecule has 0 aliphatic rings. The number of aryl methyl sites for hydroxylation is 3. The molecule has 0 aliphatic heterocycles. The Kier molecular flexibility index (Phi) is 4.43. The van der Waals surface area contributed by atoms with E-state index in [-0.39, 0.29) is 5.82 Å². The summed E-state index contributed by atoms with van der Waals surface area (Å²) in [5.74, 6) is 5.38. The minimum Gasteiger partial charge on any atom is -0.271 e. The Morgan fingerprint density at radius 1 is 1.10 bits per heavy atom. The quantitative estimate of drug-likeness (QED) is 0.664. The van der Waals surface area contributed by atoms with Gasteiger partial charge in [-0.1, -0.05) is 29.8 Å². The van der Waals surface area contributed by atoms with E-state index in [1.807, 2.05) is 45.0 Å². The molecule has 0 bridgehead atoms. The first-order valence-electron chi connectivity index (χ1n) is 6.43. The topological polar surface area (TPSA) is 38.0 Å². The lowest BCUT2D eigenvalue weighted by Gasteiger charge is -2.21. The van der Waals surface area contributed by atoms with E-state index in [1.165, 1.54) is 6.07 Å². The Morgan fingerprint density at radius 2 is 1.80 bits per heavy atom. The predicted octanol–water partition coefficient (Wildman–Crippen LogP) is 3.96. The lowest BCUT2D eigenvalue weighted by molar-refractivity contribution is 0.556. The highest BCUT2D eigenvalue weighted by molar-refractivity contribution is 6.31. The molecule has 20 heavy (non-hydrogen) atoms. The van der Waals surface area contributed by atoms with Crippen LogP contribution in [0.15, 0.2) is 30.3 Å². The van der Waals surface area contributed by atoms with Crippen LogP contribution < -0.4 is 11.3 Å². The highest BCUT2D eigenvalue weighted by Gasteiger charge is 2.20. The SMILES string of the molecule is Cc1cc(C)c(C(NN)c2ccc(C)c(Cl)c2)c(F)c1. The second-order valence-electron chi connectivity index (χ2n) is 5.09. The van der Waals surface area contributed by atoms with E-state index in [2.05, 4.69) is 5.43 Å². The molecular weight excluding hydrogens is 275 g/mol. The maximum Gasteiger partial charge on any atom is 0.128 e. The van der Waals surface area contributed by atoms with E-state index >= 15 is 0 Å². The zero-order valence-corrected chi connectivity index (χ0v) is 12.6. The van der Waals surface area contributed by atoms with Crippen molar-refractivity contribution in [3.05, 3.63) is 69.0 Å². The van der Waals surface area contributed by atoms with Gasteiger partial charge in [-0.05, 0) is 55.2 Å². The fourth-order valence-electron chi connectivity index (χ4n) is 2.43. The van der Waals surface area contributed by atoms with E-state index in [0.29, 0.717) is 10.6 Å². The van der Waals surface area contributed by atoms with E-state index in [9.17, 15) is 4.39 Å². The number of nitrogens with one attached hydrogen (secondary N) is 1. The second-order valence-corrected chi connectivity index (χ2v) is 5.49. The first-order valence-corrected chi connectivity index (χ1v) is 6.80. The molecule has 1 unspecified atom stereocenters. The molecule has 0 saturated heterocycles. The van der Waals surface area contributed by atoms with Gasteiger partial charge in [-0.2, -0.15) is 0 Å². The molecule has 0 radical (unpaired) electrons. The van der Waals surface area contributed by atoms with Crippen molar-refractivity contribution in [3.63, 3.8) is 0 Å². The normalized spacial score (nSPS) is 12.5. The molecule has 0 heterocycles. The average Bonchev–Trinajstić information content (AvgIpc) is 2.37. The Hall–Kier alpha value is -1.42. The third kappa shape index (κ3) is 2.85. The third-order valence-corrected chi connectivity index (χ3v) is 3.87. The largest absolute Gasteiger partial charge is 0.271 e. The zero-order chi connectivity index (χ0) is 14.9. The molecule has 0 aromatic heterocycles. The van der Waals surface area contributed by atoms with Crippen LogP contribution in [0.5, 0.6) is 0 Å². The second kappa shape index (κ2) is 5.92. The van der Waals surface area contributed by atoms with Gasteiger partial charge in [0, 0.05) is 10.6 Å². The van der Waals surface area contributed by atoms with Crippen LogP contribution in [0.25, 0.3) is 0 Å². The Morgan fingerprint density at radius 3 is 2.35 bits per heavy atom. The standard InChI is InChI=1S/C16H18ClFN2/c1-9-6-11(3)15(14(18)7-9)16(20-19)12-5-4-10(2)13(17)8-12/h4-8,16,20H,19H2,1-3H3. The van der Waals surface area contributed by atoms with Crippen molar-refractivity contribution in [2.45, 2.75) is 26.8 Å². The molecule has 0 spiro atoms. The van der Waals surface area contributed by atoms with Gasteiger partial charge in [0.2, 0.25) is 0 Å². The van der Waals surface area contributed by atoms with Crippen LogP contribution >= 0.6 is 11.6 Å². The van der Waals surface area contributed by atoms with Crippen molar-refractivity contribution in [2.24, 2.45) is 5.84 Å². The summed E-state index contributed by atoms with van der Waals surface area (Å²) in [7, 11) is 0. The number of nitrogens with two attached hydrogens (primary N) is 1. The van der Waals surface area contributed by atoms with Crippen LogP contribution in [-0.2, 0) is 0 Å². The van der Waals surface area contributed by atoms with Gasteiger partial charge in [-0.3, -0.25) is 5.84 Å². The summed E-state index contributed by atoms with van der Waals surface area (Å²) in [6, 6.07) is 8.67. The monoisotopic (exact) mass is 292 g/mol. The number of rotatable bonds is 3. The van der Waals surface area contributed by atoms with Crippen LogP contribution in [-0.4, -0.2) is 0 Å². The summed E-state index contributed by atoms with van der Waals surface area (Å²) < 4.78 is 14.3. The lowest BCUT2D eigenvalue weighted by Crippen LogP contribution is -2.30. The average molecular weight is 293 g/mol. The minimum absolute atomic E-state index is 0.262. The van der Waals surface area contributed by atoms with E-state index in [4.69, 9.17) is 17.4 Å². The van der Waals surface area contributed by atoms with Crippen molar-refractivity contribution in [2.75, 3.05) is 0 Å². The van der Waals surface area contributed by atoms with Crippen LogP contribution in [0.2, 0.25) is 5.02 Å². The number of halogens is 2. The van der Waals surface area contributed by atoms with Crippen molar-refractivity contribution in [1.82, 2.24) is 5.43 Å². The molecule has 0 amide bonds. The number of hydrogen-bond donors (Lipinski definition) is 2. The Balaban J connectivity index is 2.55. The third-order valence-electron chi connectivity index (χ3n) is 3.47. The van der Waals surface area contributed by atoms with Gasteiger partial charge in [-0.15, -0.1) is 0 Å². The number of hydrazine groups is 1. The Bertz CT molecular complexity index is 617. The maximum atomic E-state index is 14.3. The summed E-state index contributed by atoms with van der Waals surface area (Å²) in [5.41, 5.74) is 6.81. The van der Waals surface area contributed by atoms with Crippen molar-refractivity contribution < 1.29 is 4.39 Å². The summed E-state index contributed by atoms with van der Waals surface area (Å²) in [6.45, 7) is 5.67. The van der Waals surface area contributed by atoms with Gasteiger partial charge in [0.05, 0.1) is 6.04 Å². The molecule has 2 rings (SSSR count). The van der Waals surface area contributed by atoms with Gasteiger partial charge in [0.15, 0.2) is 0 Å². The van der Waals surface area contributed by atoms with Crippen molar-refractivity contribution in [3.8, 4) is 0 Å². The minimum atomic E-state index is -0.423. The lowest BCUT2D eigenvalue weighted by atomic mass is 9.93. The first kappa shape index (κ1) is 15.0. The first-order chi connectivity index (χ1) is 9.43. The summed E-state index contributed by atoms with van der Waals surface area (Å²) in [6.07, 6.45) is 0. The molecule has 1 atom stereocenters. The van der Waals surface area contributed by atoms with Gasteiger partial charge in [0.1, 0.15) is 5.82 Å². The molecule has 4 heteroatoms.